The molecule has 0 aliphatic heterocycles. The van der Waals surface area contributed by atoms with Crippen LogP contribution in [0.1, 0.15) is 19.4 Å². The summed E-state index contributed by atoms with van der Waals surface area (Å²) in [6, 6.07) is 3.80. The van der Waals surface area contributed by atoms with E-state index in [-0.39, 0.29) is 11.3 Å². The molecule has 1 rings (SSSR count). The lowest BCUT2D eigenvalue weighted by atomic mass is 10.2. The normalized spacial score (nSPS) is 8.56. The average molecular weight is 240 g/mol. The molecule has 0 aromatic heterocycles. The van der Waals surface area contributed by atoms with Gasteiger partial charge in [-0.25, -0.2) is 4.39 Å². The minimum Gasteiger partial charge on any atom is -0.434 e. The number of halogens is 4. The number of benzene rings is 1. The summed E-state index contributed by atoms with van der Waals surface area (Å²) in [5.74, 6) is -0.668. The molecular weight excluding hydrogens is 224 g/mol. The Kier molecular flexibility index (Phi) is 11.0. The van der Waals surface area contributed by atoms with Gasteiger partial charge in [-0.15, -0.1) is 0 Å². The Balaban J connectivity index is 0. The zero-order valence-corrected chi connectivity index (χ0v) is 9.73. The molecule has 0 fully saturated rings. The van der Waals surface area contributed by atoms with Crippen molar-refractivity contribution in [2.75, 3.05) is 7.18 Å². The molecule has 0 aliphatic rings. The Labute approximate surface area is 93.0 Å². The van der Waals surface area contributed by atoms with Crippen LogP contribution in [0.3, 0.4) is 0 Å². The Morgan fingerprint density at radius 1 is 1.12 bits per heavy atom. The Bertz CT molecular complexity index is 277. The van der Waals surface area contributed by atoms with E-state index in [4.69, 9.17) is 0 Å². The van der Waals surface area contributed by atoms with Crippen LogP contribution in [0.2, 0.25) is 0 Å². The third kappa shape index (κ3) is 6.27. The lowest BCUT2D eigenvalue weighted by molar-refractivity contribution is -0.0504. The van der Waals surface area contributed by atoms with Gasteiger partial charge in [0.05, 0.1) is 7.18 Å². The van der Waals surface area contributed by atoms with Crippen LogP contribution in [0.5, 0.6) is 5.75 Å². The molecule has 0 amide bonds. The fraction of sp³-hybridized carbons (Fsp3) is 0.455. The van der Waals surface area contributed by atoms with E-state index < -0.39 is 12.4 Å². The van der Waals surface area contributed by atoms with Crippen molar-refractivity contribution in [2.24, 2.45) is 0 Å². The molecule has 0 saturated heterocycles. The highest BCUT2D eigenvalue weighted by molar-refractivity contribution is 5.33. The van der Waals surface area contributed by atoms with Gasteiger partial charge in [0.15, 0.2) is 0 Å². The second kappa shape index (κ2) is 10.3. The monoisotopic (exact) mass is 240 g/mol. The van der Waals surface area contributed by atoms with Gasteiger partial charge in [-0.2, -0.15) is 8.78 Å². The number of rotatable bonds is 2. The van der Waals surface area contributed by atoms with Crippen molar-refractivity contribution in [3.63, 3.8) is 0 Å². The fourth-order valence-electron chi connectivity index (χ4n) is 0.811. The van der Waals surface area contributed by atoms with E-state index in [9.17, 15) is 17.6 Å². The van der Waals surface area contributed by atoms with Crippen molar-refractivity contribution in [3.8, 4) is 5.75 Å². The van der Waals surface area contributed by atoms with Crippen LogP contribution in [0.4, 0.5) is 17.6 Å². The summed E-state index contributed by atoms with van der Waals surface area (Å²) in [5.41, 5.74) is 0.0952. The van der Waals surface area contributed by atoms with Crippen molar-refractivity contribution in [2.45, 2.75) is 27.4 Å². The van der Waals surface area contributed by atoms with Crippen LogP contribution in [-0.2, 0) is 0 Å². The van der Waals surface area contributed by atoms with Gasteiger partial charge in [0, 0.05) is 5.56 Å². The second-order valence-corrected chi connectivity index (χ2v) is 2.24. The molecule has 0 spiro atoms. The van der Waals surface area contributed by atoms with Gasteiger partial charge in [0.25, 0.3) is 0 Å². The maximum Gasteiger partial charge on any atom is 0.387 e. The first-order valence-corrected chi connectivity index (χ1v) is 4.69. The number of ether oxygens (including phenoxy) is 1. The molecule has 0 radical (unpaired) electrons. The van der Waals surface area contributed by atoms with Crippen LogP contribution in [0.15, 0.2) is 18.2 Å². The molecule has 1 aromatic carbocycles. The molecule has 1 aromatic rings. The maximum absolute atomic E-state index is 12.7. The summed E-state index contributed by atoms with van der Waals surface area (Å²) in [6.45, 7) is 2.47. The van der Waals surface area contributed by atoms with Crippen LogP contribution in [0, 0.1) is 12.7 Å². The van der Waals surface area contributed by atoms with Crippen LogP contribution in [-0.4, -0.2) is 13.8 Å². The van der Waals surface area contributed by atoms with Gasteiger partial charge >= 0.3 is 6.61 Å². The third-order valence-corrected chi connectivity index (χ3v) is 1.43. The minimum atomic E-state index is -2.91. The minimum absolute atomic E-state index is 0.0952. The zero-order valence-electron chi connectivity index (χ0n) is 9.73. The summed E-state index contributed by atoms with van der Waals surface area (Å²) < 4.78 is 49.6. The van der Waals surface area contributed by atoms with Gasteiger partial charge in [-0.05, 0) is 19.1 Å². The fourth-order valence-corrected chi connectivity index (χ4v) is 0.811. The van der Waals surface area contributed by atoms with E-state index in [2.05, 4.69) is 4.74 Å². The van der Waals surface area contributed by atoms with E-state index in [1.807, 2.05) is 13.8 Å². The number of hydrogen-bond acceptors (Lipinski definition) is 1. The summed E-state index contributed by atoms with van der Waals surface area (Å²) >= 11 is 0. The smallest absolute Gasteiger partial charge is 0.387 e. The molecule has 94 valence electrons. The standard InChI is InChI=1S/C8H7F3O.C2H6.CH3F/c1-5-6(9)3-2-4-7(5)12-8(10)11;2*1-2/h2-4,8H,1H3;1-2H3;1H3. The predicted octanol–water partition coefficient (Wildman–Crippen LogP) is 4.35. The maximum atomic E-state index is 12.7. The Hall–Kier alpha value is -1.26. The molecule has 0 bridgehead atoms. The second-order valence-electron chi connectivity index (χ2n) is 2.24. The number of hydrogen-bond donors (Lipinski definition) is 0. The van der Waals surface area contributed by atoms with Crippen LogP contribution < -0.4 is 4.74 Å². The molecule has 0 aliphatic carbocycles. The lowest BCUT2D eigenvalue weighted by Crippen LogP contribution is -2.03. The molecule has 0 N–H and O–H groups in total. The van der Waals surface area contributed by atoms with Crippen LogP contribution >= 0.6 is 0 Å². The summed E-state index contributed by atoms with van der Waals surface area (Å²) in [6.07, 6.45) is 0. The average Bonchev–Trinajstić information content (AvgIpc) is 2.30. The summed E-state index contributed by atoms with van der Waals surface area (Å²) in [5, 5.41) is 0. The Morgan fingerprint density at radius 2 is 1.62 bits per heavy atom. The van der Waals surface area contributed by atoms with E-state index in [0.29, 0.717) is 7.18 Å². The SMILES string of the molecule is CC.CF.Cc1c(F)cccc1OC(F)F. The largest absolute Gasteiger partial charge is 0.434 e. The van der Waals surface area contributed by atoms with E-state index in [1.165, 1.54) is 25.1 Å². The summed E-state index contributed by atoms with van der Waals surface area (Å²) in [7, 11) is 0.500. The summed E-state index contributed by atoms with van der Waals surface area (Å²) in [4.78, 5) is 0. The van der Waals surface area contributed by atoms with E-state index in [0.717, 1.165) is 0 Å². The molecular formula is C11H16F4O. The highest BCUT2D eigenvalue weighted by Crippen LogP contribution is 2.21. The van der Waals surface area contributed by atoms with Crippen molar-refractivity contribution in [1.82, 2.24) is 0 Å². The highest BCUT2D eigenvalue weighted by Gasteiger charge is 2.08. The topological polar surface area (TPSA) is 9.23 Å². The van der Waals surface area contributed by atoms with Crippen molar-refractivity contribution < 1.29 is 22.3 Å². The van der Waals surface area contributed by atoms with Crippen molar-refractivity contribution in [1.29, 1.82) is 0 Å². The first kappa shape index (κ1) is 17.1. The van der Waals surface area contributed by atoms with Crippen LogP contribution in [0.25, 0.3) is 0 Å². The van der Waals surface area contributed by atoms with Gasteiger partial charge in [0.1, 0.15) is 11.6 Å². The van der Waals surface area contributed by atoms with Gasteiger partial charge in [-0.1, -0.05) is 19.9 Å². The molecule has 0 atom stereocenters. The molecule has 0 heterocycles. The van der Waals surface area contributed by atoms with Crippen molar-refractivity contribution >= 4 is 0 Å². The quantitative estimate of drug-likeness (QED) is 0.698. The van der Waals surface area contributed by atoms with Gasteiger partial charge in [0.2, 0.25) is 0 Å². The molecule has 16 heavy (non-hydrogen) atoms. The first-order valence-electron chi connectivity index (χ1n) is 4.69. The van der Waals surface area contributed by atoms with Gasteiger partial charge < -0.3 is 4.74 Å². The number of alkyl halides is 3. The first-order chi connectivity index (χ1) is 7.61. The Morgan fingerprint density at radius 3 is 2.06 bits per heavy atom. The van der Waals surface area contributed by atoms with Crippen molar-refractivity contribution in [3.05, 3.63) is 29.6 Å². The predicted molar refractivity (Wildman–Crippen MR) is 56.1 cm³/mol. The van der Waals surface area contributed by atoms with E-state index >= 15 is 0 Å². The third-order valence-electron chi connectivity index (χ3n) is 1.43. The van der Waals surface area contributed by atoms with Gasteiger partial charge in [-0.3, -0.25) is 4.39 Å². The zero-order chi connectivity index (χ0) is 13.1. The molecule has 0 unspecified atom stereocenters. The van der Waals surface area contributed by atoms with E-state index in [1.54, 1.807) is 0 Å². The molecule has 0 saturated carbocycles. The lowest BCUT2D eigenvalue weighted by Gasteiger charge is -2.07. The highest BCUT2D eigenvalue weighted by atomic mass is 19.3. The molecule has 5 heteroatoms. The molecule has 1 nitrogen and oxygen atoms in total.